The molecule has 0 radical (unpaired) electrons. The molecule has 2 heteroatoms. The van der Waals surface area contributed by atoms with E-state index in [0.717, 1.165) is 19.7 Å². The van der Waals surface area contributed by atoms with Crippen LogP contribution in [0.3, 0.4) is 0 Å². The van der Waals surface area contributed by atoms with Crippen molar-refractivity contribution in [2.24, 2.45) is 0 Å². The molecule has 2 aliphatic rings. The summed E-state index contributed by atoms with van der Waals surface area (Å²) in [6, 6.07) is 0. The molecule has 0 unspecified atom stereocenters. The Balaban J connectivity index is 2.01. The molecule has 0 saturated carbocycles. The molecule has 2 aliphatic heterocycles. The molecule has 0 aromatic heterocycles. The third-order valence-corrected chi connectivity index (χ3v) is 2.17. The van der Waals surface area contributed by atoms with Crippen molar-refractivity contribution in [2.75, 3.05) is 19.7 Å². The molecule has 0 aromatic carbocycles. The van der Waals surface area contributed by atoms with Crippen molar-refractivity contribution in [3.63, 3.8) is 0 Å². The third-order valence-electron chi connectivity index (χ3n) is 2.17. The van der Waals surface area contributed by atoms with Crippen molar-refractivity contribution in [1.29, 1.82) is 0 Å². The average Bonchev–Trinajstić information content (AvgIpc) is 2.07. The van der Waals surface area contributed by atoms with Crippen LogP contribution in [-0.4, -0.2) is 25.3 Å². The van der Waals surface area contributed by atoms with E-state index in [1.165, 1.54) is 12.8 Å². The first-order valence-corrected chi connectivity index (χ1v) is 3.26. The monoisotopic (exact) mass is 113 g/mol. The normalized spacial score (nSPS) is 45.0. The van der Waals surface area contributed by atoms with E-state index in [-0.39, 0.29) is 0 Å². The Labute approximate surface area is 49.2 Å². The van der Waals surface area contributed by atoms with Crippen LogP contribution >= 0.6 is 0 Å². The second-order valence-corrected chi connectivity index (χ2v) is 2.71. The van der Waals surface area contributed by atoms with Crippen molar-refractivity contribution >= 4 is 0 Å². The molecule has 8 heavy (non-hydrogen) atoms. The van der Waals surface area contributed by atoms with Crippen LogP contribution in [0.5, 0.6) is 0 Å². The maximum absolute atomic E-state index is 5.42. The minimum Gasteiger partial charge on any atom is -0.373 e. The van der Waals surface area contributed by atoms with Gasteiger partial charge in [-0.1, -0.05) is 0 Å². The predicted molar refractivity (Wildman–Crippen MR) is 30.8 cm³/mol. The topological polar surface area (TPSA) is 21.3 Å². The molecule has 0 aliphatic carbocycles. The summed E-state index contributed by atoms with van der Waals surface area (Å²) in [7, 11) is 0. The Morgan fingerprint density at radius 3 is 2.50 bits per heavy atom. The zero-order valence-corrected chi connectivity index (χ0v) is 4.94. The molecule has 1 spiro atoms. The molecule has 46 valence electrons. The highest BCUT2D eigenvalue weighted by molar-refractivity contribution is 4.94. The van der Waals surface area contributed by atoms with Gasteiger partial charge in [0.25, 0.3) is 0 Å². The minimum atomic E-state index is 0.306. The first kappa shape index (κ1) is 4.77. The van der Waals surface area contributed by atoms with E-state index in [0.29, 0.717) is 5.60 Å². The highest BCUT2D eigenvalue weighted by Crippen LogP contribution is 2.31. The highest BCUT2D eigenvalue weighted by atomic mass is 16.5. The smallest absolute Gasteiger partial charge is 0.0840 e. The number of rotatable bonds is 0. The first-order valence-electron chi connectivity index (χ1n) is 3.26. The predicted octanol–water partition coefficient (Wildman–Crippen LogP) is 0.139. The molecule has 2 nitrogen and oxygen atoms in total. The zero-order valence-electron chi connectivity index (χ0n) is 4.94. The van der Waals surface area contributed by atoms with Gasteiger partial charge in [0.15, 0.2) is 0 Å². The van der Waals surface area contributed by atoms with Gasteiger partial charge >= 0.3 is 0 Å². The zero-order chi connectivity index (χ0) is 5.45. The molecule has 0 amide bonds. The van der Waals surface area contributed by atoms with Gasteiger partial charge in [0.2, 0.25) is 0 Å². The van der Waals surface area contributed by atoms with Crippen LogP contribution in [0, 0.1) is 0 Å². The fraction of sp³-hybridized carbons (Fsp3) is 1.00. The van der Waals surface area contributed by atoms with Crippen LogP contribution in [0.25, 0.3) is 0 Å². The molecule has 2 fully saturated rings. The van der Waals surface area contributed by atoms with Gasteiger partial charge in [-0.15, -0.1) is 0 Å². The van der Waals surface area contributed by atoms with Gasteiger partial charge in [-0.25, -0.2) is 0 Å². The van der Waals surface area contributed by atoms with Gasteiger partial charge in [0.1, 0.15) is 0 Å². The van der Waals surface area contributed by atoms with Gasteiger partial charge in [-0.3, -0.25) is 0 Å². The van der Waals surface area contributed by atoms with E-state index in [4.69, 9.17) is 4.74 Å². The van der Waals surface area contributed by atoms with Gasteiger partial charge in [0, 0.05) is 13.0 Å². The van der Waals surface area contributed by atoms with E-state index in [1.807, 2.05) is 0 Å². The lowest BCUT2D eigenvalue weighted by atomic mass is 9.94. The van der Waals surface area contributed by atoms with Crippen LogP contribution in [-0.2, 0) is 4.74 Å². The second kappa shape index (κ2) is 1.45. The second-order valence-electron chi connectivity index (χ2n) is 2.71. The summed E-state index contributed by atoms with van der Waals surface area (Å²) in [5, 5.41) is 3.29. The largest absolute Gasteiger partial charge is 0.373 e. The van der Waals surface area contributed by atoms with Gasteiger partial charge in [0.05, 0.1) is 12.2 Å². The molecular weight excluding hydrogens is 102 g/mol. The molecule has 0 bridgehead atoms. The van der Waals surface area contributed by atoms with Gasteiger partial charge < -0.3 is 10.1 Å². The van der Waals surface area contributed by atoms with Crippen LogP contribution < -0.4 is 5.32 Å². The van der Waals surface area contributed by atoms with Crippen LogP contribution in [0.2, 0.25) is 0 Å². The minimum absolute atomic E-state index is 0.306. The Kier molecular flexibility index (Phi) is 0.866. The number of hydrogen-bond donors (Lipinski definition) is 1. The molecule has 2 rings (SSSR count). The van der Waals surface area contributed by atoms with Gasteiger partial charge in [-0.2, -0.15) is 0 Å². The van der Waals surface area contributed by atoms with Crippen LogP contribution in [0.4, 0.5) is 0 Å². The van der Waals surface area contributed by atoms with E-state index < -0.39 is 0 Å². The summed E-state index contributed by atoms with van der Waals surface area (Å²) in [5.41, 5.74) is 0.306. The summed E-state index contributed by atoms with van der Waals surface area (Å²) in [5.74, 6) is 0. The Morgan fingerprint density at radius 1 is 1.38 bits per heavy atom. The SMILES string of the molecule is C1C[C@]2(CCO2)CN1. The molecule has 1 N–H and O–H groups in total. The van der Waals surface area contributed by atoms with Crippen molar-refractivity contribution < 1.29 is 4.74 Å². The lowest BCUT2D eigenvalue weighted by molar-refractivity contribution is -0.131. The lowest BCUT2D eigenvalue weighted by Gasteiger charge is -2.37. The summed E-state index contributed by atoms with van der Waals surface area (Å²) < 4.78 is 5.42. The van der Waals surface area contributed by atoms with Crippen molar-refractivity contribution in [2.45, 2.75) is 18.4 Å². The maximum atomic E-state index is 5.42. The summed E-state index contributed by atoms with van der Waals surface area (Å²) in [6.45, 7) is 3.23. The van der Waals surface area contributed by atoms with Crippen molar-refractivity contribution in [1.82, 2.24) is 5.32 Å². The Morgan fingerprint density at radius 2 is 2.25 bits per heavy atom. The standard InChI is InChI=1S/C6H11NO/c1-3-7-5-6(1)2-4-8-6/h7H,1-5H2/t6-/m0/s1. The summed E-state index contributed by atoms with van der Waals surface area (Å²) in [6.07, 6.45) is 2.51. The van der Waals surface area contributed by atoms with Crippen LogP contribution in [0.15, 0.2) is 0 Å². The summed E-state index contributed by atoms with van der Waals surface area (Å²) >= 11 is 0. The fourth-order valence-electron chi connectivity index (χ4n) is 1.45. The van der Waals surface area contributed by atoms with Gasteiger partial charge in [-0.05, 0) is 13.0 Å². The fourth-order valence-corrected chi connectivity index (χ4v) is 1.45. The molecule has 0 aromatic rings. The van der Waals surface area contributed by atoms with Crippen LogP contribution in [0.1, 0.15) is 12.8 Å². The summed E-state index contributed by atoms with van der Waals surface area (Å²) in [4.78, 5) is 0. The first-order chi connectivity index (χ1) is 3.91. The van der Waals surface area contributed by atoms with E-state index in [1.54, 1.807) is 0 Å². The quantitative estimate of drug-likeness (QED) is 0.482. The van der Waals surface area contributed by atoms with Crippen molar-refractivity contribution in [3.05, 3.63) is 0 Å². The molecule has 2 heterocycles. The number of ether oxygens (including phenoxy) is 1. The number of nitrogens with one attached hydrogen (secondary N) is 1. The Hall–Kier alpha value is -0.0800. The van der Waals surface area contributed by atoms with E-state index in [2.05, 4.69) is 5.32 Å². The Bertz CT molecular complexity index is 90.7. The highest BCUT2D eigenvalue weighted by Gasteiger charge is 2.40. The van der Waals surface area contributed by atoms with Crippen molar-refractivity contribution in [3.8, 4) is 0 Å². The third kappa shape index (κ3) is 0.501. The molecular formula is C6H11NO. The molecule has 2 saturated heterocycles. The van der Waals surface area contributed by atoms with E-state index >= 15 is 0 Å². The van der Waals surface area contributed by atoms with E-state index in [9.17, 15) is 0 Å². The average molecular weight is 113 g/mol. The lowest BCUT2D eigenvalue weighted by Crippen LogP contribution is -2.45. The number of hydrogen-bond acceptors (Lipinski definition) is 2. The maximum Gasteiger partial charge on any atom is 0.0840 e. The molecule has 1 atom stereocenters.